The Kier molecular flexibility index (Phi) is 3.50. The van der Waals surface area contributed by atoms with Crippen molar-refractivity contribution in [2.24, 2.45) is 22.7 Å². The second-order valence-electron chi connectivity index (χ2n) is 8.66. The van der Waals surface area contributed by atoms with Crippen molar-refractivity contribution in [1.29, 1.82) is 0 Å². The molecule has 136 valence electrons. The number of hydrogen-bond acceptors (Lipinski definition) is 5. The lowest BCUT2D eigenvalue weighted by Gasteiger charge is -2.60. The molecule has 0 bridgehead atoms. The molecule has 5 nitrogen and oxygen atoms in total. The number of rotatable bonds is 3. The maximum atomic E-state index is 12.6. The first-order valence-corrected chi connectivity index (χ1v) is 9.21. The molecule has 0 amide bonds. The molecule has 1 saturated heterocycles. The van der Waals surface area contributed by atoms with Gasteiger partial charge in [0, 0.05) is 17.8 Å². The van der Waals surface area contributed by atoms with E-state index in [9.17, 15) is 14.7 Å². The fraction of sp³-hybridized carbons (Fsp3) is 0.700. The highest BCUT2D eigenvalue weighted by molar-refractivity contribution is 6.06. The van der Waals surface area contributed by atoms with Crippen LogP contribution in [0, 0.1) is 22.7 Å². The highest BCUT2D eigenvalue weighted by atomic mass is 16.6. The Balaban J connectivity index is 1.74. The third-order valence-electron chi connectivity index (χ3n) is 7.58. The summed E-state index contributed by atoms with van der Waals surface area (Å²) in [6, 6.07) is 1.92. The summed E-state index contributed by atoms with van der Waals surface area (Å²) in [6.07, 6.45) is 5.92. The molecule has 1 aromatic rings. The highest BCUT2D eigenvalue weighted by Crippen LogP contribution is 2.66. The fourth-order valence-electron chi connectivity index (χ4n) is 6.03. The van der Waals surface area contributed by atoms with E-state index in [-0.39, 0.29) is 23.7 Å². The van der Waals surface area contributed by atoms with Crippen molar-refractivity contribution in [2.75, 3.05) is 0 Å². The molecule has 1 aliphatic heterocycles. The van der Waals surface area contributed by atoms with Crippen LogP contribution in [0.25, 0.3) is 0 Å². The topological polar surface area (TPSA) is 76.7 Å². The molecule has 0 aromatic carbocycles. The quantitative estimate of drug-likeness (QED) is 0.673. The largest absolute Gasteiger partial charge is 0.472 e. The monoisotopic (exact) mass is 346 g/mol. The SMILES string of the molecule is C[C@@H]1CC2OC(=O)[C@@]3(C)C(=O)CC[C@@](C)(C23)[C@@]1(O)CCc1ccoc1. The van der Waals surface area contributed by atoms with Crippen molar-refractivity contribution in [3.8, 4) is 0 Å². The number of carbonyl (C=O) groups is 2. The average Bonchev–Trinajstić information content (AvgIpc) is 3.16. The Hall–Kier alpha value is -1.62. The molecule has 2 aliphatic carbocycles. The molecule has 0 spiro atoms. The molecule has 3 fully saturated rings. The second-order valence-corrected chi connectivity index (χ2v) is 8.66. The lowest BCUT2D eigenvalue weighted by molar-refractivity contribution is -0.215. The van der Waals surface area contributed by atoms with Gasteiger partial charge in [-0.3, -0.25) is 9.59 Å². The molecule has 0 radical (unpaired) electrons. The lowest BCUT2D eigenvalue weighted by Crippen LogP contribution is -2.66. The smallest absolute Gasteiger partial charge is 0.320 e. The third-order valence-corrected chi connectivity index (χ3v) is 7.58. The van der Waals surface area contributed by atoms with Crippen LogP contribution in [0.1, 0.15) is 52.0 Å². The van der Waals surface area contributed by atoms with Crippen LogP contribution in [0.5, 0.6) is 0 Å². The molecule has 1 N–H and O–H groups in total. The van der Waals surface area contributed by atoms with Crippen molar-refractivity contribution in [3.63, 3.8) is 0 Å². The van der Waals surface area contributed by atoms with Gasteiger partial charge >= 0.3 is 5.97 Å². The predicted molar refractivity (Wildman–Crippen MR) is 89.6 cm³/mol. The van der Waals surface area contributed by atoms with Crippen molar-refractivity contribution in [1.82, 2.24) is 0 Å². The summed E-state index contributed by atoms with van der Waals surface area (Å²) >= 11 is 0. The van der Waals surface area contributed by atoms with E-state index < -0.39 is 22.4 Å². The van der Waals surface area contributed by atoms with E-state index in [1.807, 2.05) is 13.0 Å². The van der Waals surface area contributed by atoms with Gasteiger partial charge in [0.05, 0.1) is 18.1 Å². The highest BCUT2D eigenvalue weighted by Gasteiger charge is 2.73. The Bertz CT molecular complexity index is 710. The minimum Gasteiger partial charge on any atom is -0.472 e. The van der Waals surface area contributed by atoms with Gasteiger partial charge in [-0.15, -0.1) is 0 Å². The van der Waals surface area contributed by atoms with Gasteiger partial charge in [0.1, 0.15) is 17.3 Å². The number of ether oxygens (including phenoxy) is 1. The van der Waals surface area contributed by atoms with E-state index in [0.717, 1.165) is 5.56 Å². The Morgan fingerprint density at radius 2 is 2.08 bits per heavy atom. The number of Topliss-reactive ketones (excluding diaryl/α,β-unsaturated/α-hetero) is 1. The van der Waals surface area contributed by atoms with Crippen molar-refractivity contribution in [3.05, 3.63) is 24.2 Å². The second kappa shape index (κ2) is 5.19. The Labute approximate surface area is 147 Å². The molecule has 1 aromatic heterocycles. The van der Waals surface area contributed by atoms with Crippen LogP contribution in [0.15, 0.2) is 23.0 Å². The number of hydrogen-bond donors (Lipinski definition) is 1. The number of esters is 1. The van der Waals surface area contributed by atoms with Gasteiger partial charge in [0.25, 0.3) is 0 Å². The van der Waals surface area contributed by atoms with Crippen LogP contribution in [0.3, 0.4) is 0 Å². The summed E-state index contributed by atoms with van der Waals surface area (Å²) in [5, 5.41) is 11.8. The van der Waals surface area contributed by atoms with Crippen LogP contribution in [-0.4, -0.2) is 28.6 Å². The minimum atomic E-state index is -1.11. The molecule has 2 unspecified atom stereocenters. The van der Waals surface area contributed by atoms with E-state index >= 15 is 0 Å². The van der Waals surface area contributed by atoms with E-state index in [1.165, 1.54) is 0 Å². The van der Waals surface area contributed by atoms with E-state index in [2.05, 4.69) is 6.92 Å². The average molecular weight is 346 g/mol. The maximum absolute atomic E-state index is 12.6. The molecule has 4 rings (SSSR count). The van der Waals surface area contributed by atoms with Gasteiger partial charge in [-0.25, -0.2) is 0 Å². The van der Waals surface area contributed by atoms with Crippen molar-refractivity contribution in [2.45, 2.75) is 64.6 Å². The first-order chi connectivity index (χ1) is 11.7. The summed E-state index contributed by atoms with van der Waals surface area (Å²) in [5.74, 6) is -0.688. The van der Waals surface area contributed by atoms with Gasteiger partial charge in [0.15, 0.2) is 0 Å². The molecule has 2 heterocycles. The molecule has 25 heavy (non-hydrogen) atoms. The zero-order valence-corrected chi connectivity index (χ0v) is 15.1. The van der Waals surface area contributed by atoms with Crippen LogP contribution in [0.2, 0.25) is 0 Å². The fourth-order valence-corrected chi connectivity index (χ4v) is 6.03. The number of ketones is 1. The molecule has 2 saturated carbocycles. The summed E-state index contributed by atoms with van der Waals surface area (Å²) in [5.41, 5.74) is -1.52. The summed E-state index contributed by atoms with van der Waals surface area (Å²) in [4.78, 5) is 25.2. The number of furan rings is 1. The van der Waals surface area contributed by atoms with Gasteiger partial charge in [0.2, 0.25) is 0 Å². The van der Waals surface area contributed by atoms with E-state index in [4.69, 9.17) is 9.15 Å². The molecular weight excluding hydrogens is 320 g/mol. The number of aliphatic hydroxyl groups is 1. The molecule has 3 aliphatic rings. The van der Waals surface area contributed by atoms with Crippen LogP contribution >= 0.6 is 0 Å². The Morgan fingerprint density at radius 1 is 1.32 bits per heavy atom. The number of aryl methyl sites for hydroxylation is 1. The molecule has 5 heteroatoms. The van der Waals surface area contributed by atoms with Crippen molar-refractivity contribution >= 4 is 11.8 Å². The van der Waals surface area contributed by atoms with Gasteiger partial charge < -0.3 is 14.3 Å². The molecular formula is C20H26O5. The van der Waals surface area contributed by atoms with Crippen LogP contribution < -0.4 is 0 Å². The number of carbonyl (C=O) groups excluding carboxylic acids is 2. The first kappa shape index (κ1) is 16.8. The third kappa shape index (κ3) is 1.99. The zero-order valence-electron chi connectivity index (χ0n) is 15.1. The van der Waals surface area contributed by atoms with E-state index in [1.54, 1.807) is 19.5 Å². The summed E-state index contributed by atoms with van der Waals surface area (Å²) in [7, 11) is 0. The minimum absolute atomic E-state index is 0.00555. The predicted octanol–water partition coefficient (Wildman–Crippen LogP) is 2.90. The van der Waals surface area contributed by atoms with Crippen molar-refractivity contribution < 1.29 is 23.8 Å². The zero-order chi connectivity index (χ0) is 18.0. The van der Waals surface area contributed by atoms with Crippen LogP contribution in [0.4, 0.5) is 0 Å². The van der Waals surface area contributed by atoms with Crippen LogP contribution in [-0.2, 0) is 20.7 Å². The maximum Gasteiger partial charge on any atom is 0.320 e. The first-order valence-electron chi connectivity index (χ1n) is 9.21. The lowest BCUT2D eigenvalue weighted by atomic mass is 9.43. The Morgan fingerprint density at radius 3 is 2.76 bits per heavy atom. The van der Waals surface area contributed by atoms with E-state index in [0.29, 0.717) is 32.1 Å². The standard InChI is InChI=1S/C20H26O5/c1-12-10-14-16-18(2,7-5-15(21)19(16,3)17(22)25-14)20(12,23)8-4-13-6-9-24-11-13/h6,9,11-12,14,16,23H,4-5,7-8,10H2,1-3H3/t12-,14?,16?,18+,19+,20-/m1/s1. The normalized spacial score (nSPS) is 46.0. The summed E-state index contributed by atoms with van der Waals surface area (Å²) < 4.78 is 10.8. The van der Waals surface area contributed by atoms with Gasteiger partial charge in [-0.05, 0) is 50.2 Å². The summed E-state index contributed by atoms with van der Waals surface area (Å²) in [6.45, 7) is 5.82. The van der Waals surface area contributed by atoms with Gasteiger partial charge in [-0.1, -0.05) is 13.8 Å². The van der Waals surface area contributed by atoms with Gasteiger partial charge in [-0.2, -0.15) is 0 Å². The molecule has 6 atom stereocenters.